The van der Waals surface area contributed by atoms with Crippen LogP contribution >= 0.6 is 0 Å². The van der Waals surface area contributed by atoms with E-state index in [0.717, 1.165) is 42.6 Å². The fourth-order valence-corrected chi connectivity index (χ4v) is 5.18. The van der Waals surface area contributed by atoms with Gasteiger partial charge >= 0.3 is 0 Å². The zero-order valence-corrected chi connectivity index (χ0v) is 19.1. The molecule has 0 spiro atoms. The SMILES string of the molecule is CN(C)[C@@H]1CCN(C2=CCC(N3CCc4cc(-c5ccc(F)cc5)ccc4C3=O)C=C2F)C1. The van der Waals surface area contributed by atoms with Crippen LogP contribution in [-0.2, 0) is 6.42 Å². The van der Waals surface area contributed by atoms with Crippen LogP contribution in [0.1, 0.15) is 28.8 Å². The molecular formula is C27H29F2N3O. The van der Waals surface area contributed by atoms with E-state index in [1.54, 1.807) is 23.1 Å². The first kappa shape index (κ1) is 21.8. The van der Waals surface area contributed by atoms with Crippen LogP contribution in [0.15, 0.2) is 66.1 Å². The smallest absolute Gasteiger partial charge is 0.254 e. The summed E-state index contributed by atoms with van der Waals surface area (Å²) in [5.41, 5.74) is 4.21. The van der Waals surface area contributed by atoms with Gasteiger partial charge in [0.1, 0.15) is 11.6 Å². The summed E-state index contributed by atoms with van der Waals surface area (Å²) in [5, 5.41) is 0. The maximum absolute atomic E-state index is 15.1. The van der Waals surface area contributed by atoms with Crippen LogP contribution in [0.5, 0.6) is 0 Å². The average Bonchev–Trinajstić information content (AvgIpc) is 3.30. The van der Waals surface area contributed by atoms with Crippen molar-refractivity contribution >= 4 is 5.91 Å². The van der Waals surface area contributed by atoms with Crippen LogP contribution in [0.4, 0.5) is 8.78 Å². The minimum absolute atomic E-state index is 0.0540. The number of allylic oxidation sites excluding steroid dienone is 1. The molecule has 3 aliphatic rings. The number of carbonyl (C=O) groups excluding carboxylic acids is 1. The number of nitrogens with zero attached hydrogens (tertiary/aromatic N) is 3. The molecule has 2 atom stereocenters. The molecule has 2 heterocycles. The van der Waals surface area contributed by atoms with Gasteiger partial charge in [0, 0.05) is 31.2 Å². The Hall–Kier alpha value is -2.99. The molecule has 5 rings (SSSR count). The summed E-state index contributed by atoms with van der Waals surface area (Å²) in [6.07, 6.45) is 5.95. The van der Waals surface area contributed by atoms with E-state index in [1.165, 1.54) is 12.1 Å². The van der Waals surface area contributed by atoms with E-state index in [9.17, 15) is 9.18 Å². The molecule has 2 aromatic carbocycles. The van der Waals surface area contributed by atoms with Crippen molar-refractivity contribution in [1.82, 2.24) is 14.7 Å². The minimum atomic E-state index is -0.269. The zero-order valence-electron chi connectivity index (χ0n) is 19.1. The van der Waals surface area contributed by atoms with Gasteiger partial charge in [0.05, 0.1) is 11.7 Å². The van der Waals surface area contributed by atoms with E-state index >= 15 is 4.39 Å². The molecule has 0 aromatic heterocycles. The highest BCUT2D eigenvalue weighted by atomic mass is 19.1. The molecule has 1 fully saturated rings. The summed E-state index contributed by atoms with van der Waals surface area (Å²) in [4.78, 5) is 19.4. The van der Waals surface area contributed by atoms with E-state index in [1.807, 2.05) is 24.3 Å². The van der Waals surface area contributed by atoms with E-state index < -0.39 is 0 Å². The molecule has 0 bridgehead atoms. The van der Waals surface area contributed by atoms with Gasteiger partial charge in [-0.2, -0.15) is 0 Å². The number of rotatable bonds is 4. The molecule has 2 aliphatic heterocycles. The fraction of sp³-hybridized carbons (Fsp3) is 0.370. The summed E-state index contributed by atoms with van der Waals surface area (Å²) >= 11 is 0. The second kappa shape index (κ2) is 8.75. The molecule has 1 saturated heterocycles. The second-order valence-corrected chi connectivity index (χ2v) is 9.39. The fourth-order valence-electron chi connectivity index (χ4n) is 5.18. The Morgan fingerprint density at radius 3 is 2.45 bits per heavy atom. The standard InChI is InChI=1S/C27H29F2N3O/c1-30(2)23-12-13-31(17-23)26-10-8-22(16-25(26)29)32-14-11-20-15-19(5-9-24(20)27(32)33)18-3-6-21(28)7-4-18/h3-7,9-10,15-16,22-23H,8,11-14,17H2,1-2H3/t22?,23-/m1/s1. The Kier molecular flexibility index (Phi) is 5.79. The highest BCUT2D eigenvalue weighted by Gasteiger charge is 2.33. The largest absolute Gasteiger partial charge is 0.368 e. The zero-order chi connectivity index (χ0) is 23.1. The molecule has 1 unspecified atom stereocenters. The van der Waals surface area contributed by atoms with Crippen LogP contribution in [0.2, 0.25) is 0 Å². The number of likely N-dealkylation sites (N-methyl/N-ethyl adjacent to an activating group) is 1. The summed E-state index contributed by atoms with van der Waals surface area (Å²) in [6.45, 7) is 2.24. The van der Waals surface area contributed by atoms with Gasteiger partial charge in [-0.05, 0) is 74.3 Å². The lowest BCUT2D eigenvalue weighted by Crippen LogP contribution is -2.44. The lowest BCUT2D eigenvalue weighted by atomic mass is 9.92. The molecule has 0 N–H and O–H groups in total. The van der Waals surface area contributed by atoms with Crippen LogP contribution in [0.3, 0.4) is 0 Å². The highest BCUT2D eigenvalue weighted by Crippen LogP contribution is 2.32. The average molecular weight is 450 g/mol. The Morgan fingerprint density at radius 2 is 1.76 bits per heavy atom. The summed E-state index contributed by atoms with van der Waals surface area (Å²) < 4.78 is 28.3. The van der Waals surface area contributed by atoms with Gasteiger partial charge in [-0.1, -0.05) is 30.3 Å². The van der Waals surface area contributed by atoms with Gasteiger partial charge in [-0.3, -0.25) is 4.79 Å². The number of carbonyl (C=O) groups is 1. The van der Waals surface area contributed by atoms with Crippen molar-refractivity contribution in [1.29, 1.82) is 0 Å². The maximum Gasteiger partial charge on any atom is 0.254 e. The second-order valence-electron chi connectivity index (χ2n) is 9.39. The molecule has 0 radical (unpaired) electrons. The van der Waals surface area contributed by atoms with Gasteiger partial charge in [0.15, 0.2) is 0 Å². The lowest BCUT2D eigenvalue weighted by Gasteiger charge is -2.36. The molecule has 1 amide bonds. The van der Waals surface area contributed by atoms with Crippen molar-refractivity contribution in [3.8, 4) is 11.1 Å². The number of hydrogen-bond donors (Lipinski definition) is 0. The van der Waals surface area contributed by atoms with Crippen LogP contribution in [-0.4, -0.2) is 66.4 Å². The van der Waals surface area contributed by atoms with Crippen molar-refractivity contribution in [3.05, 3.63) is 83.1 Å². The van der Waals surface area contributed by atoms with Crippen molar-refractivity contribution < 1.29 is 13.6 Å². The molecule has 172 valence electrons. The van der Waals surface area contributed by atoms with Crippen molar-refractivity contribution in [2.45, 2.75) is 31.3 Å². The Morgan fingerprint density at radius 1 is 1.00 bits per heavy atom. The van der Waals surface area contributed by atoms with E-state index in [0.29, 0.717) is 30.3 Å². The monoisotopic (exact) mass is 449 g/mol. The number of hydrogen-bond acceptors (Lipinski definition) is 3. The number of halogens is 2. The third kappa shape index (κ3) is 4.20. The lowest BCUT2D eigenvalue weighted by molar-refractivity contribution is 0.0693. The van der Waals surface area contributed by atoms with Gasteiger partial charge < -0.3 is 14.7 Å². The molecule has 6 heteroatoms. The highest BCUT2D eigenvalue weighted by molar-refractivity contribution is 5.97. The Balaban J connectivity index is 1.30. The Bertz CT molecular complexity index is 1120. The summed E-state index contributed by atoms with van der Waals surface area (Å²) in [7, 11) is 4.13. The molecule has 33 heavy (non-hydrogen) atoms. The normalized spacial score (nSPS) is 23.0. The minimum Gasteiger partial charge on any atom is -0.368 e. The van der Waals surface area contributed by atoms with Crippen LogP contribution < -0.4 is 0 Å². The van der Waals surface area contributed by atoms with E-state index in [4.69, 9.17) is 0 Å². The Labute approximate surface area is 193 Å². The number of amides is 1. The third-order valence-corrected chi connectivity index (χ3v) is 7.17. The van der Waals surface area contributed by atoms with Crippen LogP contribution in [0.25, 0.3) is 11.1 Å². The molecular weight excluding hydrogens is 420 g/mol. The van der Waals surface area contributed by atoms with Crippen molar-refractivity contribution in [2.24, 2.45) is 0 Å². The quantitative estimate of drug-likeness (QED) is 0.681. The number of likely N-dealkylation sites (tertiary alicyclic amines) is 1. The number of benzene rings is 2. The van der Waals surface area contributed by atoms with Crippen molar-refractivity contribution in [3.63, 3.8) is 0 Å². The predicted molar refractivity (Wildman–Crippen MR) is 126 cm³/mol. The summed E-state index contributed by atoms with van der Waals surface area (Å²) in [5.74, 6) is -0.549. The number of fused-ring (bicyclic) bond motifs is 1. The topological polar surface area (TPSA) is 26.8 Å². The first-order chi connectivity index (χ1) is 15.9. The maximum atomic E-state index is 15.1. The first-order valence-corrected chi connectivity index (χ1v) is 11.6. The van der Waals surface area contributed by atoms with Crippen molar-refractivity contribution in [2.75, 3.05) is 33.7 Å². The summed E-state index contributed by atoms with van der Waals surface area (Å²) in [6, 6.07) is 12.3. The van der Waals surface area contributed by atoms with Gasteiger partial charge in [-0.15, -0.1) is 0 Å². The van der Waals surface area contributed by atoms with Gasteiger partial charge in [0.25, 0.3) is 5.91 Å². The van der Waals surface area contributed by atoms with Crippen LogP contribution in [0, 0.1) is 5.82 Å². The van der Waals surface area contributed by atoms with E-state index in [-0.39, 0.29) is 23.6 Å². The van der Waals surface area contributed by atoms with E-state index in [2.05, 4.69) is 23.9 Å². The van der Waals surface area contributed by atoms with Gasteiger partial charge in [-0.25, -0.2) is 8.78 Å². The molecule has 4 nitrogen and oxygen atoms in total. The molecule has 0 saturated carbocycles. The molecule has 2 aromatic rings. The van der Waals surface area contributed by atoms with Gasteiger partial charge in [0.2, 0.25) is 0 Å². The molecule has 1 aliphatic carbocycles. The third-order valence-electron chi connectivity index (χ3n) is 7.17. The first-order valence-electron chi connectivity index (χ1n) is 11.6. The predicted octanol–water partition coefficient (Wildman–Crippen LogP) is 4.64.